The van der Waals surface area contributed by atoms with Gasteiger partial charge in [-0.25, -0.2) is 9.07 Å². The monoisotopic (exact) mass is 448 g/mol. The Kier molecular flexibility index (Phi) is 7.23. The number of halogens is 1. The molecule has 4 rings (SSSR count). The molecule has 0 radical (unpaired) electrons. The van der Waals surface area contributed by atoms with Crippen molar-refractivity contribution in [2.75, 3.05) is 19.6 Å². The Morgan fingerprint density at radius 2 is 1.91 bits per heavy atom. The Morgan fingerprint density at radius 3 is 2.67 bits per heavy atom. The number of aromatic nitrogens is 2. The highest BCUT2D eigenvalue weighted by molar-refractivity contribution is 5.94. The standard InChI is InChI=1S/C27H33FN4O/c1-19-8-9-20(2)25(17-19)32-26(18-24(30-32)22-10-12-23(28)13-11-22)27(33)29-14-6-16-31-15-5-4-7-21(31)3/h8-13,17-18,21H,4-7,14-16H2,1-3H3,(H,29,33). The Balaban J connectivity index is 1.54. The molecule has 33 heavy (non-hydrogen) atoms. The molecule has 0 aliphatic carbocycles. The van der Waals surface area contributed by atoms with E-state index >= 15 is 0 Å². The normalized spacial score (nSPS) is 16.7. The van der Waals surface area contributed by atoms with Crippen LogP contribution in [0.1, 0.15) is 54.2 Å². The van der Waals surface area contributed by atoms with E-state index in [1.807, 2.05) is 32.0 Å². The van der Waals surface area contributed by atoms with Crippen LogP contribution in [0.2, 0.25) is 0 Å². The summed E-state index contributed by atoms with van der Waals surface area (Å²) < 4.78 is 15.1. The van der Waals surface area contributed by atoms with E-state index in [9.17, 15) is 9.18 Å². The van der Waals surface area contributed by atoms with Gasteiger partial charge in [0.05, 0.1) is 11.4 Å². The zero-order valence-corrected chi connectivity index (χ0v) is 19.8. The summed E-state index contributed by atoms with van der Waals surface area (Å²) in [5, 5.41) is 7.83. The molecule has 1 fully saturated rings. The van der Waals surface area contributed by atoms with Gasteiger partial charge >= 0.3 is 0 Å². The summed E-state index contributed by atoms with van der Waals surface area (Å²) in [5.41, 5.74) is 4.89. The second-order valence-corrected chi connectivity index (χ2v) is 9.11. The highest BCUT2D eigenvalue weighted by Crippen LogP contribution is 2.24. The fourth-order valence-corrected chi connectivity index (χ4v) is 4.50. The van der Waals surface area contributed by atoms with E-state index in [-0.39, 0.29) is 11.7 Å². The Hall–Kier alpha value is -2.99. The molecule has 1 N–H and O–H groups in total. The predicted octanol–water partition coefficient (Wildman–Crippen LogP) is 5.29. The van der Waals surface area contributed by atoms with Crippen molar-refractivity contribution in [3.8, 4) is 16.9 Å². The van der Waals surface area contributed by atoms with Crippen molar-refractivity contribution in [2.24, 2.45) is 0 Å². The maximum Gasteiger partial charge on any atom is 0.270 e. The van der Waals surface area contributed by atoms with Crippen LogP contribution in [-0.2, 0) is 0 Å². The summed E-state index contributed by atoms with van der Waals surface area (Å²) in [6.07, 6.45) is 4.75. The largest absolute Gasteiger partial charge is 0.351 e. The molecule has 0 spiro atoms. The minimum absolute atomic E-state index is 0.150. The third-order valence-corrected chi connectivity index (χ3v) is 6.52. The van der Waals surface area contributed by atoms with Gasteiger partial charge in [0.15, 0.2) is 0 Å². The third kappa shape index (κ3) is 5.50. The van der Waals surface area contributed by atoms with E-state index in [4.69, 9.17) is 5.10 Å². The van der Waals surface area contributed by atoms with Crippen LogP contribution < -0.4 is 5.32 Å². The molecule has 1 atom stereocenters. The number of rotatable bonds is 7. The van der Waals surface area contributed by atoms with Crippen molar-refractivity contribution >= 4 is 5.91 Å². The SMILES string of the molecule is Cc1ccc(C)c(-n2nc(-c3ccc(F)cc3)cc2C(=O)NCCCN2CCCCC2C)c1. The second kappa shape index (κ2) is 10.3. The lowest BCUT2D eigenvalue weighted by molar-refractivity contribution is 0.0941. The van der Waals surface area contributed by atoms with Gasteiger partial charge in [-0.15, -0.1) is 0 Å². The van der Waals surface area contributed by atoms with Crippen LogP contribution in [0.15, 0.2) is 48.5 Å². The molecule has 174 valence electrons. The maximum absolute atomic E-state index is 13.4. The number of nitrogens with one attached hydrogen (secondary N) is 1. The van der Waals surface area contributed by atoms with Crippen LogP contribution in [0, 0.1) is 19.7 Å². The number of carbonyl (C=O) groups excluding carboxylic acids is 1. The van der Waals surface area contributed by atoms with E-state index < -0.39 is 0 Å². The van der Waals surface area contributed by atoms with Gasteiger partial charge in [-0.3, -0.25) is 4.79 Å². The molecule has 0 bridgehead atoms. The van der Waals surface area contributed by atoms with E-state index in [0.29, 0.717) is 24.0 Å². The lowest BCUT2D eigenvalue weighted by Crippen LogP contribution is -2.39. The van der Waals surface area contributed by atoms with Crippen molar-refractivity contribution in [3.63, 3.8) is 0 Å². The van der Waals surface area contributed by atoms with E-state index in [0.717, 1.165) is 41.9 Å². The summed E-state index contributed by atoms with van der Waals surface area (Å²) in [6, 6.07) is 14.7. The number of amides is 1. The number of hydrogen-bond acceptors (Lipinski definition) is 3. The minimum atomic E-state index is -0.297. The number of carbonyl (C=O) groups is 1. The average Bonchev–Trinajstić information content (AvgIpc) is 3.25. The number of hydrogen-bond donors (Lipinski definition) is 1. The van der Waals surface area contributed by atoms with E-state index in [1.165, 1.54) is 31.4 Å². The summed E-state index contributed by atoms with van der Waals surface area (Å²) >= 11 is 0. The molecular formula is C27H33FN4O. The second-order valence-electron chi connectivity index (χ2n) is 9.11. The molecule has 2 heterocycles. The first kappa shape index (κ1) is 23.2. The van der Waals surface area contributed by atoms with Gasteiger partial charge in [-0.05, 0) is 94.1 Å². The first-order valence-corrected chi connectivity index (χ1v) is 11.9. The van der Waals surface area contributed by atoms with Crippen LogP contribution in [0.3, 0.4) is 0 Å². The molecule has 1 aliphatic rings. The predicted molar refractivity (Wildman–Crippen MR) is 130 cm³/mol. The van der Waals surface area contributed by atoms with Gasteiger partial charge in [0.25, 0.3) is 5.91 Å². The molecule has 0 saturated carbocycles. The van der Waals surface area contributed by atoms with Crippen molar-refractivity contribution in [1.29, 1.82) is 0 Å². The summed E-state index contributed by atoms with van der Waals surface area (Å²) in [7, 11) is 0. The van der Waals surface area contributed by atoms with E-state index in [1.54, 1.807) is 22.9 Å². The van der Waals surface area contributed by atoms with Gasteiger partial charge in [0.1, 0.15) is 11.5 Å². The first-order chi connectivity index (χ1) is 15.9. The molecule has 1 unspecified atom stereocenters. The van der Waals surface area contributed by atoms with Gasteiger partial charge in [0, 0.05) is 24.7 Å². The van der Waals surface area contributed by atoms with E-state index in [2.05, 4.69) is 17.1 Å². The van der Waals surface area contributed by atoms with Crippen molar-refractivity contribution < 1.29 is 9.18 Å². The molecular weight excluding hydrogens is 415 g/mol. The van der Waals surface area contributed by atoms with Crippen molar-refractivity contribution in [1.82, 2.24) is 20.0 Å². The summed E-state index contributed by atoms with van der Waals surface area (Å²) in [4.78, 5) is 15.7. The van der Waals surface area contributed by atoms with Crippen LogP contribution in [0.25, 0.3) is 16.9 Å². The average molecular weight is 449 g/mol. The van der Waals surface area contributed by atoms with Gasteiger partial charge in [0.2, 0.25) is 0 Å². The molecule has 1 amide bonds. The van der Waals surface area contributed by atoms with Crippen LogP contribution >= 0.6 is 0 Å². The number of nitrogens with zero attached hydrogens (tertiary/aromatic N) is 3. The molecule has 5 nitrogen and oxygen atoms in total. The zero-order chi connectivity index (χ0) is 23.4. The summed E-state index contributed by atoms with van der Waals surface area (Å²) in [6.45, 7) is 9.08. The van der Waals surface area contributed by atoms with Crippen molar-refractivity contribution in [3.05, 3.63) is 71.2 Å². The zero-order valence-electron chi connectivity index (χ0n) is 19.8. The number of benzene rings is 2. The lowest BCUT2D eigenvalue weighted by atomic mass is 10.0. The number of likely N-dealkylation sites (tertiary alicyclic amines) is 1. The van der Waals surface area contributed by atoms with Gasteiger partial charge < -0.3 is 10.2 Å². The fourth-order valence-electron chi connectivity index (χ4n) is 4.50. The van der Waals surface area contributed by atoms with Crippen molar-refractivity contribution in [2.45, 2.75) is 52.5 Å². The molecule has 3 aromatic rings. The summed E-state index contributed by atoms with van der Waals surface area (Å²) in [5.74, 6) is -0.447. The Labute approximate surface area is 195 Å². The lowest BCUT2D eigenvalue weighted by Gasteiger charge is -2.33. The number of piperidine rings is 1. The Morgan fingerprint density at radius 1 is 1.12 bits per heavy atom. The third-order valence-electron chi connectivity index (χ3n) is 6.52. The molecule has 2 aromatic carbocycles. The molecule has 1 saturated heterocycles. The van der Waals surface area contributed by atoms with Gasteiger partial charge in [-0.2, -0.15) is 5.10 Å². The van der Waals surface area contributed by atoms with Gasteiger partial charge in [-0.1, -0.05) is 18.6 Å². The first-order valence-electron chi connectivity index (χ1n) is 11.9. The molecule has 1 aromatic heterocycles. The van der Waals surface area contributed by atoms with Crippen LogP contribution in [-0.4, -0.2) is 46.3 Å². The number of aryl methyl sites for hydroxylation is 2. The minimum Gasteiger partial charge on any atom is -0.351 e. The molecule has 1 aliphatic heterocycles. The highest BCUT2D eigenvalue weighted by atomic mass is 19.1. The van der Waals surface area contributed by atoms with Crippen LogP contribution in [0.5, 0.6) is 0 Å². The smallest absolute Gasteiger partial charge is 0.270 e. The fraction of sp³-hybridized carbons (Fsp3) is 0.407. The highest BCUT2D eigenvalue weighted by Gasteiger charge is 2.20. The van der Waals surface area contributed by atoms with Crippen LogP contribution in [0.4, 0.5) is 4.39 Å². The Bertz CT molecular complexity index is 1110. The molecule has 6 heteroatoms. The quantitative estimate of drug-likeness (QED) is 0.500. The topological polar surface area (TPSA) is 50.2 Å². The maximum atomic E-state index is 13.4.